The average molecular weight is 374 g/mol. The Morgan fingerprint density at radius 1 is 1.18 bits per heavy atom. The van der Waals surface area contributed by atoms with Crippen molar-refractivity contribution in [3.05, 3.63) is 59.1 Å². The first-order valence-corrected chi connectivity index (χ1v) is 10.0. The zero-order chi connectivity index (χ0) is 20.0. The zero-order valence-corrected chi connectivity index (χ0v) is 17.3. The van der Waals surface area contributed by atoms with Gasteiger partial charge in [-0.25, -0.2) is 9.50 Å². The van der Waals surface area contributed by atoms with Gasteiger partial charge in [0.15, 0.2) is 5.65 Å². The normalized spacial score (nSPS) is 11.8. The van der Waals surface area contributed by atoms with Crippen LogP contribution in [0.5, 0.6) is 0 Å². The topological polar surface area (TPSA) is 43.3 Å². The van der Waals surface area contributed by atoms with Gasteiger partial charge in [0.25, 0.3) is 0 Å². The average Bonchev–Trinajstić information content (AvgIpc) is 3.17. The minimum atomic E-state index is 0.480. The minimum absolute atomic E-state index is 0.480. The van der Waals surface area contributed by atoms with Crippen molar-refractivity contribution < 1.29 is 4.42 Å². The molecule has 0 amide bonds. The predicted octanol–water partition coefficient (Wildman–Crippen LogP) is 6.61. The number of rotatable bonds is 5. The molecule has 1 aromatic carbocycles. The van der Waals surface area contributed by atoms with Crippen LogP contribution in [0.2, 0.25) is 0 Å². The van der Waals surface area contributed by atoms with Crippen molar-refractivity contribution in [3.8, 4) is 11.3 Å². The molecule has 4 nitrogen and oxygen atoms in total. The van der Waals surface area contributed by atoms with Crippen LogP contribution in [0.25, 0.3) is 33.9 Å². The number of fused-ring (bicyclic) bond motifs is 2. The van der Waals surface area contributed by atoms with Gasteiger partial charge in [0.1, 0.15) is 11.3 Å². The van der Waals surface area contributed by atoms with Crippen LogP contribution >= 0.6 is 0 Å². The second-order valence-corrected chi connectivity index (χ2v) is 7.50. The molecule has 3 heterocycles. The summed E-state index contributed by atoms with van der Waals surface area (Å²) in [5.41, 5.74) is 8.17. The van der Waals surface area contributed by atoms with Gasteiger partial charge >= 0.3 is 0 Å². The second-order valence-electron chi connectivity index (χ2n) is 7.50. The number of hydrogen-bond donors (Lipinski definition) is 0. The third-order valence-electron chi connectivity index (χ3n) is 5.71. The number of imidazole rings is 1. The Morgan fingerprint density at radius 2 is 1.93 bits per heavy atom. The maximum Gasteiger partial charge on any atom is 0.157 e. The Kier molecular flexibility index (Phi) is 4.58. The third kappa shape index (κ3) is 2.67. The molecule has 0 bridgehead atoms. The molecule has 0 aliphatic rings. The van der Waals surface area contributed by atoms with E-state index in [-0.39, 0.29) is 0 Å². The highest BCUT2D eigenvalue weighted by atomic mass is 16.3. The van der Waals surface area contributed by atoms with E-state index in [1.807, 2.05) is 29.6 Å². The number of benzene rings is 1. The molecule has 0 N–H and O–H groups in total. The maximum absolute atomic E-state index is 6.16. The van der Waals surface area contributed by atoms with Gasteiger partial charge in [-0.15, -0.1) is 0 Å². The number of aromatic nitrogens is 3. The summed E-state index contributed by atoms with van der Waals surface area (Å²) in [6, 6.07) is 8.37. The molecule has 0 saturated carbocycles. The Labute approximate surface area is 165 Å². The Morgan fingerprint density at radius 3 is 2.61 bits per heavy atom. The number of para-hydroxylation sites is 1. The summed E-state index contributed by atoms with van der Waals surface area (Å²) in [6.45, 7) is 14.5. The molecular weight excluding hydrogens is 346 g/mol. The van der Waals surface area contributed by atoms with Crippen LogP contribution in [0.3, 0.4) is 0 Å². The highest BCUT2D eigenvalue weighted by molar-refractivity contribution is 5.99. The molecular formula is C24H27N3O. The van der Waals surface area contributed by atoms with Gasteiger partial charge in [-0.2, -0.15) is 5.10 Å². The predicted molar refractivity (Wildman–Crippen MR) is 116 cm³/mol. The van der Waals surface area contributed by atoms with Gasteiger partial charge in [-0.05, 0) is 45.6 Å². The summed E-state index contributed by atoms with van der Waals surface area (Å²) >= 11 is 0. The molecule has 144 valence electrons. The highest BCUT2D eigenvalue weighted by Crippen LogP contribution is 2.39. The van der Waals surface area contributed by atoms with E-state index in [4.69, 9.17) is 14.5 Å². The molecule has 4 heteroatoms. The molecule has 0 unspecified atom stereocenters. The Bertz CT molecular complexity index is 1190. The lowest BCUT2D eigenvalue weighted by molar-refractivity contribution is 0.579. The van der Waals surface area contributed by atoms with Gasteiger partial charge in [-0.1, -0.05) is 44.7 Å². The maximum atomic E-state index is 6.16. The SMILES string of the molecule is C=Cc1cccc2c(-c3c(C)nc4c(C(CC)CC)cc(C)nn34)c(C)oc12. The van der Waals surface area contributed by atoms with Crippen LogP contribution in [0.4, 0.5) is 0 Å². The number of furan rings is 1. The van der Waals surface area contributed by atoms with E-state index in [0.717, 1.165) is 63.4 Å². The summed E-state index contributed by atoms with van der Waals surface area (Å²) in [7, 11) is 0. The van der Waals surface area contributed by atoms with E-state index in [9.17, 15) is 0 Å². The highest BCUT2D eigenvalue weighted by Gasteiger charge is 2.24. The van der Waals surface area contributed by atoms with Gasteiger partial charge in [0.2, 0.25) is 0 Å². The van der Waals surface area contributed by atoms with Crippen LogP contribution in [0.1, 0.15) is 60.9 Å². The van der Waals surface area contributed by atoms with E-state index >= 15 is 0 Å². The Hall–Kier alpha value is -2.88. The van der Waals surface area contributed by atoms with Crippen molar-refractivity contribution in [2.24, 2.45) is 0 Å². The van der Waals surface area contributed by atoms with Gasteiger partial charge < -0.3 is 4.42 Å². The van der Waals surface area contributed by atoms with E-state index < -0.39 is 0 Å². The minimum Gasteiger partial charge on any atom is -0.460 e. The molecule has 0 atom stereocenters. The van der Waals surface area contributed by atoms with E-state index in [1.165, 1.54) is 5.56 Å². The van der Waals surface area contributed by atoms with Crippen LogP contribution in [0.15, 0.2) is 35.3 Å². The van der Waals surface area contributed by atoms with Crippen LogP contribution in [-0.2, 0) is 0 Å². The number of nitrogens with zero attached hydrogens (tertiary/aromatic N) is 3. The fourth-order valence-electron chi connectivity index (χ4n) is 4.31. The van der Waals surface area contributed by atoms with E-state index in [0.29, 0.717) is 5.92 Å². The van der Waals surface area contributed by atoms with Crippen molar-refractivity contribution in [2.75, 3.05) is 0 Å². The van der Waals surface area contributed by atoms with E-state index in [1.54, 1.807) is 0 Å². The smallest absolute Gasteiger partial charge is 0.157 e. The monoisotopic (exact) mass is 373 g/mol. The van der Waals surface area contributed by atoms with Crippen molar-refractivity contribution in [2.45, 2.75) is 53.4 Å². The largest absolute Gasteiger partial charge is 0.460 e. The summed E-state index contributed by atoms with van der Waals surface area (Å²) in [5, 5.41) is 5.92. The molecule has 0 aliphatic heterocycles. The fourth-order valence-corrected chi connectivity index (χ4v) is 4.31. The van der Waals surface area contributed by atoms with Crippen molar-refractivity contribution in [1.82, 2.24) is 14.6 Å². The fraction of sp³-hybridized carbons (Fsp3) is 0.333. The molecule has 0 fully saturated rings. The molecule has 0 aliphatic carbocycles. The summed E-state index contributed by atoms with van der Waals surface area (Å²) in [5.74, 6) is 1.36. The summed E-state index contributed by atoms with van der Waals surface area (Å²) in [6.07, 6.45) is 4.02. The van der Waals surface area contributed by atoms with Crippen LogP contribution < -0.4 is 0 Å². The first-order chi connectivity index (χ1) is 13.5. The second kappa shape index (κ2) is 6.93. The molecule has 0 spiro atoms. The zero-order valence-electron chi connectivity index (χ0n) is 17.3. The van der Waals surface area contributed by atoms with E-state index in [2.05, 4.69) is 46.4 Å². The standard InChI is InChI=1S/C24H27N3O/c1-7-17(8-2)20-13-14(4)26-27-22(15(5)25-24(20)27)21-16(6)28-23-18(9-3)11-10-12-19(21)23/h9-13,17H,3,7-8H2,1-2,4-6H3. The van der Waals surface area contributed by atoms with Crippen molar-refractivity contribution in [1.29, 1.82) is 0 Å². The van der Waals surface area contributed by atoms with Gasteiger partial charge in [0, 0.05) is 16.5 Å². The van der Waals surface area contributed by atoms with Gasteiger partial charge in [0.05, 0.1) is 22.6 Å². The first-order valence-electron chi connectivity index (χ1n) is 10.0. The molecule has 3 aromatic heterocycles. The van der Waals surface area contributed by atoms with Crippen LogP contribution in [-0.4, -0.2) is 14.6 Å². The summed E-state index contributed by atoms with van der Waals surface area (Å²) < 4.78 is 8.18. The number of aryl methyl sites for hydroxylation is 3. The molecule has 4 aromatic rings. The van der Waals surface area contributed by atoms with Crippen molar-refractivity contribution >= 4 is 22.7 Å². The molecule has 0 radical (unpaired) electrons. The van der Waals surface area contributed by atoms with Gasteiger partial charge in [-0.3, -0.25) is 0 Å². The molecule has 4 rings (SSSR count). The lowest BCUT2D eigenvalue weighted by Crippen LogP contribution is -2.05. The third-order valence-corrected chi connectivity index (χ3v) is 5.71. The number of hydrogen-bond acceptors (Lipinski definition) is 3. The van der Waals surface area contributed by atoms with Crippen molar-refractivity contribution in [3.63, 3.8) is 0 Å². The lowest BCUT2D eigenvalue weighted by atomic mass is 9.95. The molecule has 28 heavy (non-hydrogen) atoms. The quantitative estimate of drug-likeness (QED) is 0.395. The molecule has 0 saturated heterocycles. The lowest BCUT2D eigenvalue weighted by Gasteiger charge is -2.14. The first kappa shape index (κ1) is 18.5. The summed E-state index contributed by atoms with van der Waals surface area (Å²) in [4.78, 5) is 4.96. The Balaban J connectivity index is 2.09. The van der Waals surface area contributed by atoms with Crippen LogP contribution in [0, 0.1) is 20.8 Å².